The van der Waals surface area contributed by atoms with Crippen LogP contribution in [0.4, 0.5) is 5.69 Å². The summed E-state index contributed by atoms with van der Waals surface area (Å²) < 4.78 is 0. The molecule has 0 saturated carbocycles. The van der Waals surface area contributed by atoms with E-state index in [2.05, 4.69) is 175 Å². The number of nitrogens with two attached hydrogens (primary N) is 1. The van der Waals surface area contributed by atoms with Crippen molar-refractivity contribution in [2.45, 2.75) is 6.17 Å². The van der Waals surface area contributed by atoms with E-state index in [-0.39, 0.29) is 6.17 Å². The first-order chi connectivity index (χ1) is 29.2. The summed E-state index contributed by atoms with van der Waals surface area (Å²) in [6, 6.07) is 73.0. The zero-order valence-corrected chi connectivity index (χ0v) is 32.2. The third-order valence-electron chi connectivity index (χ3n) is 11.6. The number of fused-ring (bicyclic) bond motifs is 3. The summed E-state index contributed by atoms with van der Waals surface area (Å²) in [6.07, 6.45) is -0.360. The number of nitrogens with one attached hydrogen (secondary N) is 1. The van der Waals surface area contributed by atoms with Crippen molar-refractivity contribution in [1.29, 1.82) is 0 Å². The predicted octanol–water partition coefficient (Wildman–Crippen LogP) is 13.2. The number of nitrogens with zero attached hydrogens (tertiary/aromatic N) is 2. The zero-order valence-electron chi connectivity index (χ0n) is 32.2. The van der Waals surface area contributed by atoms with Crippen LogP contribution < -0.4 is 11.1 Å². The SMILES string of the molecule is Nc1ccccc1-c1cccc(C2N=C(c3ccc(-c4cc(-c5ccccc5)c5c(c4-c4ccccc4)-c4cccc6cccc-5c46)cc3)N=C(c3ccccc3)N2)c1. The van der Waals surface area contributed by atoms with Crippen molar-refractivity contribution in [1.82, 2.24) is 5.32 Å². The largest absolute Gasteiger partial charge is 0.398 e. The van der Waals surface area contributed by atoms with Crippen molar-refractivity contribution in [2.75, 3.05) is 5.73 Å². The van der Waals surface area contributed by atoms with Crippen LogP contribution in [-0.4, -0.2) is 11.7 Å². The highest BCUT2D eigenvalue weighted by molar-refractivity contribution is 6.23. The Labute approximate surface area is 343 Å². The van der Waals surface area contributed by atoms with Gasteiger partial charge in [0, 0.05) is 22.4 Å². The van der Waals surface area contributed by atoms with Gasteiger partial charge in [-0.1, -0.05) is 188 Å². The molecule has 0 amide bonds. The molecular weight excluding hydrogens is 717 g/mol. The molecule has 1 aliphatic carbocycles. The molecule has 9 aromatic carbocycles. The topological polar surface area (TPSA) is 62.8 Å². The lowest BCUT2D eigenvalue weighted by Gasteiger charge is -2.24. The van der Waals surface area contributed by atoms with Crippen molar-refractivity contribution in [2.24, 2.45) is 9.98 Å². The Hall–Kier alpha value is -7.82. The first-order valence-corrected chi connectivity index (χ1v) is 20.1. The number of hydrogen-bond acceptors (Lipinski definition) is 4. The van der Waals surface area contributed by atoms with Gasteiger partial charge in [0.1, 0.15) is 12.0 Å². The molecule has 59 heavy (non-hydrogen) atoms. The maximum atomic E-state index is 6.41. The van der Waals surface area contributed by atoms with Crippen molar-refractivity contribution in [3.8, 4) is 66.8 Å². The highest BCUT2D eigenvalue weighted by Gasteiger charge is 2.30. The highest BCUT2D eigenvalue weighted by atomic mass is 15.2. The van der Waals surface area contributed by atoms with E-state index in [1.165, 1.54) is 60.8 Å². The van der Waals surface area contributed by atoms with Crippen LogP contribution in [0.2, 0.25) is 0 Å². The summed E-state index contributed by atoms with van der Waals surface area (Å²) in [5.74, 6) is 1.45. The van der Waals surface area contributed by atoms with Gasteiger partial charge in [0.05, 0.1) is 0 Å². The number of hydrogen-bond donors (Lipinski definition) is 2. The Kier molecular flexibility index (Phi) is 8.34. The lowest BCUT2D eigenvalue weighted by atomic mass is 9.82. The second-order valence-electron chi connectivity index (χ2n) is 15.2. The molecule has 1 unspecified atom stereocenters. The lowest BCUT2D eigenvalue weighted by molar-refractivity contribution is 0.674. The predicted molar refractivity (Wildman–Crippen MR) is 246 cm³/mol. The van der Waals surface area contributed by atoms with E-state index in [0.29, 0.717) is 5.84 Å². The fourth-order valence-electron chi connectivity index (χ4n) is 8.89. The second-order valence-corrected chi connectivity index (χ2v) is 15.2. The Bertz CT molecular complexity index is 3110. The summed E-state index contributed by atoms with van der Waals surface area (Å²) in [6.45, 7) is 0. The number of para-hydroxylation sites is 1. The highest BCUT2D eigenvalue weighted by Crippen LogP contribution is 2.57. The monoisotopic (exact) mass is 754 g/mol. The number of aliphatic imine (C=N–C) groups is 2. The molecule has 4 nitrogen and oxygen atoms in total. The molecule has 0 saturated heterocycles. The molecule has 0 fully saturated rings. The summed E-state index contributed by atoms with van der Waals surface area (Å²) >= 11 is 0. The molecule has 1 aliphatic heterocycles. The van der Waals surface area contributed by atoms with E-state index in [4.69, 9.17) is 15.7 Å². The van der Waals surface area contributed by atoms with Gasteiger partial charge in [-0.15, -0.1) is 0 Å². The quantitative estimate of drug-likeness (QED) is 0.159. The van der Waals surface area contributed by atoms with Gasteiger partial charge in [-0.05, 0) is 95.7 Å². The van der Waals surface area contributed by atoms with Crippen LogP contribution in [0.15, 0.2) is 216 Å². The van der Waals surface area contributed by atoms with Crippen LogP contribution in [-0.2, 0) is 0 Å². The number of rotatable bonds is 7. The maximum Gasteiger partial charge on any atom is 0.159 e. The van der Waals surface area contributed by atoms with E-state index >= 15 is 0 Å². The standard InChI is InChI=1S/C55H38N4/c56-48-28-11-10-25-43(48)41-23-12-24-42(33-41)55-58-53(39-19-8-3-9-20-39)57-54(59-55)40-31-29-36(30-32-40)46-34-47(35-15-4-1-5-16-35)51-44-26-13-21-37-22-14-27-45(49(37)44)52(51)50(46)38-17-6-2-7-18-38/h1-34,55H,56H2,(H,57,58,59). The average Bonchev–Trinajstić information content (AvgIpc) is 3.65. The zero-order chi connectivity index (χ0) is 39.3. The third kappa shape index (κ3) is 6.01. The molecule has 0 spiro atoms. The van der Waals surface area contributed by atoms with Gasteiger partial charge in [0.25, 0.3) is 0 Å². The smallest absolute Gasteiger partial charge is 0.159 e. The molecule has 1 heterocycles. The molecule has 0 bridgehead atoms. The van der Waals surface area contributed by atoms with E-state index in [0.717, 1.165) is 44.9 Å². The minimum Gasteiger partial charge on any atom is -0.398 e. The van der Waals surface area contributed by atoms with Gasteiger partial charge in [0.2, 0.25) is 0 Å². The second kappa shape index (κ2) is 14.3. The van der Waals surface area contributed by atoms with Crippen LogP contribution in [0, 0.1) is 0 Å². The van der Waals surface area contributed by atoms with Crippen LogP contribution in [0.3, 0.4) is 0 Å². The van der Waals surface area contributed by atoms with Crippen LogP contribution in [0.25, 0.3) is 77.5 Å². The van der Waals surface area contributed by atoms with Gasteiger partial charge >= 0.3 is 0 Å². The van der Waals surface area contributed by atoms with Gasteiger partial charge in [0.15, 0.2) is 5.84 Å². The number of amidine groups is 2. The normalized spacial score (nSPS) is 14.0. The molecule has 11 rings (SSSR count). The lowest BCUT2D eigenvalue weighted by Crippen LogP contribution is -2.33. The van der Waals surface area contributed by atoms with E-state index < -0.39 is 0 Å². The fraction of sp³-hybridized carbons (Fsp3) is 0.0182. The average molecular weight is 755 g/mol. The number of anilines is 1. The van der Waals surface area contributed by atoms with Crippen LogP contribution in [0.1, 0.15) is 22.9 Å². The van der Waals surface area contributed by atoms with E-state index in [1.807, 2.05) is 36.4 Å². The molecule has 0 radical (unpaired) electrons. The van der Waals surface area contributed by atoms with Crippen molar-refractivity contribution < 1.29 is 0 Å². The molecule has 3 N–H and O–H groups in total. The van der Waals surface area contributed by atoms with E-state index in [1.54, 1.807) is 0 Å². The van der Waals surface area contributed by atoms with Gasteiger partial charge in [-0.2, -0.15) is 0 Å². The number of nitrogen functional groups attached to an aromatic ring is 1. The summed E-state index contributed by atoms with van der Waals surface area (Å²) in [5.41, 5.74) is 24.5. The molecule has 278 valence electrons. The first kappa shape index (κ1) is 34.4. The van der Waals surface area contributed by atoms with Crippen LogP contribution >= 0.6 is 0 Å². The summed E-state index contributed by atoms with van der Waals surface area (Å²) in [5, 5.41) is 6.21. The minimum atomic E-state index is -0.360. The minimum absolute atomic E-state index is 0.360. The summed E-state index contributed by atoms with van der Waals surface area (Å²) in [7, 11) is 0. The molecule has 1 atom stereocenters. The Morgan fingerprint density at radius 1 is 0.390 bits per heavy atom. The van der Waals surface area contributed by atoms with Gasteiger partial charge < -0.3 is 11.1 Å². The Morgan fingerprint density at radius 3 is 1.64 bits per heavy atom. The molecular formula is C55H38N4. The number of benzene rings is 9. The van der Waals surface area contributed by atoms with Crippen molar-refractivity contribution >= 4 is 28.1 Å². The van der Waals surface area contributed by atoms with Gasteiger partial charge in [-0.25, -0.2) is 9.98 Å². The van der Waals surface area contributed by atoms with Crippen molar-refractivity contribution in [3.63, 3.8) is 0 Å². The molecule has 0 aromatic heterocycles. The maximum absolute atomic E-state index is 6.41. The van der Waals surface area contributed by atoms with Crippen LogP contribution in [0.5, 0.6) is 0 Å². The first-order valence-electron chi connectivity index (χ1n) is 20.1. The van der Waals surface area contributed by atoms with E-state index in [9.17, 15) is 0 Å². The van der Waals surface area contributed by atoms with Crippen molar-refractivity contribution in [3.05, 3.63) is 223 Å². The molecule has 9 aromatic rings. The molecule has 4 heteroatoms. The molecule has 2 aliphatic rings. The fourth-order valence-corrected chi connectivity index (χ4v) is 8.89. The Morgan fingerprint density at radius 2 is 0.932 bits per heavy atom. The summed E-state index contributed by atoms with van der Waals surface area (Å²) in [4.78, 5) is 10.4. The Balaban J connectivity index is 1.07. The third-order valence-corrected chi connectivity index (χ3v) is 11.6. The van der Waals surface area contributed by atoms with Gasteiger partial charge in [-0.3, -0.25) is 0 Å².